The van der Waals surface area contributed by atoms with Crippen LogP contribution in [0.25, 0.3) is 0 Å². The summed E-state index contributed by atoms with van der Waals surface area (Å²) >= 11 is 0. The Morgan fingerprint density at radius 1 is 1.29 bits per heavy atom. The normalized spacial score (nSPS) is 42.9. The molecule has 2 N–H and O–H groups in total. The van der Waals surface area contributed by atoms with Gasteiger partial charge in [-0.2, -0.15) is 0 Å². The predicted octanol–water partition coefficient (Wildman–Crippen LogP) is 0.354. The van der Waals surface area contributed by atoms with Crippen molar-refractivity contribution in [3.8, 4) is 0 Å². The minimum Gasteiger partial charge on any atom is -0.386 e. The van der Waals surface area contributed by atoms with Gasteiger partial charge in [0.2, 0.25) is 0 Å². The van der Waals surface area contributed by atoms with Gasteiger partial charge in [-0.15, -0.1) is 0 Å². The Morgan fingerprint density at radius 2 is 2.24 bits per heavy atom. The van der Waals surface area contributed by atoms with Gasteiger partial charge in [-0.25, -0.2) is 0 Å². The first kappa shape index (κ1) is 11.9. The fourth-order valence-corrected chi connectivity index (χ4v) is 3.54. The second-order valence-corrected chi connectivity index (χ2v) is 5.90. The molecule has 0 aromatic rings. The van der Waals surface area contributed by atoms with Crippen LogP contribution in [0.5, 0.6) is 0 Å². The third-order valence-corrected chi connectivity index (χ3v) is 4.63. The van der Waals surface area contributed by atoms with E-state index >= 15 is 0 Å². The number of rotatable bonds is 3. The standard InChI is InChI=1S/C13H24N2O2/c16-13(5-8-17-10-13)9-14-11-4-7-15-6-2-1-3-12(11)15/h11-12,14,16H,1-10H2. The van der Waals surface area contributed by atoms with E-state index in [1.165, 1.54) is 38.8 Å². The van der Waals surface area contributed by atoms with Gasteiger partial charge < -0.3 is 15.2 Å². The lowest BCUT2D eigenvalue weighted by molar-refractivity contribution is 0.0231. The number of nitrogens with one attached hydrogen (secondary N) is 1. The topological polar surface area (TPSA) is 44.7 Å². The summed E-state index contributed by atoms with van der Waals surface area (Å²) in [4.78, 5) is 2.62. The average molecular weight is 240 g/mol. The van der Waals surface area contributed by atoms with Crippen molar-refractivity contribution >= 4 is 0 Å². The van der Waals surface area contributed by atoms with Crippen LogP contribution in [0.2, 0.25) is 0 Å². The van der Waals surface area contributed by atoms with Crippen LogP contribution in [0.15, 0.2) is 0 Å². The molecule has 0 bridgehead atoms. The quantitative estimate of drug-likeness (QED) is 0.747. The summed E-state index contributed by atoms with van der Waals surface area (Å²) in [5.74, 6) is 0. The molecule has 3 saturated heterocycles. The highest BCUT2D eigenvalue weighted by Crippen LogP contribution is 2.27. The van der Waals surface area contributed by atoms with Crippen LogP contribution in [0.1, 0.15) is 32.1 Å². The largest absolute Gasteiger partial charge is 0.386 e. The highest BCUT2D eigenvalue weighted by atomic mass is 16.5. The summed E-state index contributed by atoms with van der Waals surface area (Å²) in [7, 11) is 0. The van der Waals surface area contributed by atoms with E-state index in [0.717, 1.165) is 12.5 Å². The number of hydrogen-bond donors (Lipinski definition) is 2. The molecular weight excluding hydrogens is 216 g/mol. The van der Waals surface area contributed by atoms with Crippen molar-refractivity contribution in [1.82, 2.24) is 10.2 Å². The van der Waals surface area contributed by atoms with Gasteiger partial charge in [0.25, 0.3) is 0 Å². The SMILES string of the molecule is OC1(CNC2CCN3CCCCC23)CCOC1. The predicted molar refractivity (Wildman–Crippen MR) is 66.0 cm³/mol. The molecule has 3 rings (SSSR count). The molecule has 3 atom stereocenters. The van der Waals surface area contributed by atoms with Crippen LogP contribution >= 0.6 is 0 Å². The van der Waals surface area contributed by atoms with E-state index < -0.39 is 5.60 Å². The summed E-state index contributed by atoms with van der Waals surface area (Å²) in [6.45, 7) is 4.41. The number of fused-ring (bicyclic) bond motifs is 1. The molecule has 98 valence electrons. The summed E-state index contributed by atoms with van der Waals surface area (Å²) in [5, 5.41) is 13.8. The van der Waals surface area contributed by atoms with E-state index in [0.29, 0.717) is 25.8 Å². The molecule has 4 heteroatoms. The van der Waals surface area contributed by atoms with E-state index in [4.69, 9.17) is 4.74 Å². The van der Waals surface area contributed by atoms with E-state index in [-0.39, 0.29) is 0 Å². The van der Waals surface area contributed by atoms with Crippen molar-refractivity contribution in [2.45, 2.75) is 49.8 Å². The van der Waals surface area contributed by atoms with Gasteiger partial charge in [0, 0.05) is 38.2 Å². The number of nitrogens with zero attached hydrogens (tertiary/aromatic N) is 1. The van der Waals surface area contributed by atoms with Gasteiger partial charge in [-0.1, -0.05) is 6.42 Å². The second kappa shape index (κ2) is 4.84. The third kappa shape index (κ3) is 2.50. The van der Waals surface area contributed by atoms with E-state index in [1.807, 2.05) is 0 Å². The zero-order valence-corrected chi connectivity index (χ0v) is 10.5. The molecule has 4 nitrogen and oxygen atoms in total. The van der Waals surface area contributed by atoms with Gasteiger partial charge in [-0.3, -0.25) is 4.90 Å². The van der Waals surface area contributed by atoms with E-state index in [2.05, 4.69) is 10.2 Å². The Hall–Kier alpha value is -0.160. The molecule has 0 saturated carbocycles. The van der Waals surface area contributed by atoms with Crippen LogP contribution in [-0.4, -0.2) is 60.5 Å². The Kier molecular flexibility index (Phi) is 3.39. The number of aliphatic hydroxyl groups is 1. The summed E-state index contributed by atoms with van der Waals surface area (Å²) in [5.41, 5.74) is -0.609. The van der Waals surface area contributed by atoms with Gasteiger partial charge in [-0.05, 0) is 25.8 Å². The first-order valence-electron chi connectivity index (χ1n) is 7.04. The van der Waals surface area contributed by atoms with Crippen molar-refractivity contribution in [2.75, 3.05) is 32.8 Å². The van der Waals surface area contributed by atoms with Crippen molar-refractivity contribution in [3.05, 3.63) is 0 Å². The zero-order valence-electron chi connectivity index (χ0n) is 10.5. The number of piperidine rings is 1. The summed E-state index contributed by atoms with van der Waals surface area (Å²) in [6, 6.07) is 1.30. The molecule has 0 radical (unpaired) electrons. The average Bonchev–Trinajstić information content (AvgIpc) is 2.94. The summed E-state index contributed by atoms with van der Waals surface area (Å²) < 4.78 is 5.28. The molecule has 0 aromatic heterocycles. The Bertz CT molecular complexity index is 266. The monoisotopic (exact) mass is 240 g/mol. The van der Waals surface area contributed by atoms with Crippen LogP contribution < -0.4 is 5.32 Å². The van der Waals surface area contributed by atoms with Gasteiger partial charge in [0.05, 0.1) is 6.61 Å². The molecule has 3 aliphatic heterocycles. The molecule has 3 fully saturated rings. The highest BCUT2D eigenvalue weighted by molar-refractivity contribution is 4.96. The number of ether oxygens (including phenoxy) is 1. The molecule has 0 spiro atoms. The van der Waals surface area contributed by atoms with Gasteiger partial charge >= 0.3 is 0 Å². The smallest absolute Gasteiger partial charge is 0.102 e. The molecule has 0 aromatic carbocycles. The lowest BCUT2D eigenvalue weighted by atomic mass is 9.97. The molecular formula is C13H24N2O2. The highest BCUT2D eigenvalue weighted by Gasteiger charge is 2.38. The fourth-order valence-electron chi connectivity index (χ4n) is 3.54. The lowest BCUT2D eigenvalue weighted by Gasteiger charge is -2.33. The Balaban J connectivity index is 1.51. The molecule has 3 unspecified atom stereocenters. The molecule has 3 aliphatic rings. The molecule has 3 heterocycles. The maximum absolute atomic E-state index is 10.2. The van der Waals surface area contributed by atoms with Crippen LogP contribution in [0.3, 0.4) is 0 Å². The second-order valence-electron chi connectivity index (χ2n) is 5.90. The lowest BCUT2D eigenvalue weighted by Crippen LogP contribution is -2.50. The maximum atomic E-state index is 10.2. The number of hydrogen-bond acceptors (Lipinski definition) is 4. The van der Waals surface area contributed by atoms with Crippen LogP contribution in [-0.2, 0) is 4.74 Å². The maximum Gasteiger partial charge on any atom is 0.102 e. The first-order chi connectivity index (χ1) is 8.27. The van der Waals surface area contributed by atoms with Crippen molar-refractivity contribution in [2.24, 2.45) is 0 Å². The Labute approximate surface area is 103 Å². The molecule has 0 aliphatic carbocycles. The van der Waals surface area contributed by atoms with Crippen LogP contribution in [0, 0.1) is 0 Å². The van der Waals surface area contributed by atoms with E-state index in [1.54, 1.807) is 0 Å². The first-order valence-corrected chi connectivity index (χ1v) is 7.04. The zero-order chi connectivity index (χ0) is 11.7. The molecule has 17 heavy (non-hydrogen) atoms. The van der Waals surface area contributed by atoms with Crippen LogP contribution in [0.4, 0.5) is 0 Å². The van der Waals surface area contributed by atoms with Crippen molar-refractivity contribution < 1.29 is 9.84 Å². The van der Waals surface area contributed by atoms with E-state index in [9.17, 15) is 5.11 Å². The minimum atomic E-state index is -0.609. The van der Waals surface area contributed by atoms with Crippen molar-refractivity contribution in [1.29, 1.82) is 0 Å². The van der Waals surface area contributed by atoms with Crippen molar-refractivity contribution in [3.63, 3.8) is 0 Å². The minimum absolute atomic E-state index is 0.501. The molecule has 0 amide bonds. The Morgan fingerprint density at radius 3 is 3.06 bits per heavy atom. The summed E-state index contributed by atoms with van der Waals surface area (Å²) in [6.07, 6.45) is 6.07. The third-order valence-electron chi connectivity index (χ3n) is 4.63. The van der Waals surface area contributed by atoms with Gasteiger partial charge in [0.15, 0.2) is 0 Å². The fraction of sp³-hybridized carbons (Fsp3) is 1.00. The van der Waals surface area contributed by atoms with Gasteiger partial charge in [0.1, 0.15) is 5.60 Å².